The number of ether oxygens (including phenoxy) is 4. The fourth-order valence-corrected chi connectivity index (χ4v) is 5.03. The van der Waals surface area contributed by atoms with Gasteiger partial charge in [-0.05, 0) is 36.3 Å². The summed E-state index contributed by atoms with van der Waals surface area (Å²) in [5.41, 5.74) is 2.07. The molecule has 1 aliphatic rings. The molecular formula is C25H24N2O6S. The van der Waals surface area contributed by atoms with Crippen molar-refractivity contribution in [3.05, 3.63) is 84.5 Å². The third kappa shape index (κ3) is 3.99. The van der Waals surface area contributed by atoms with Gasteiger partial charge in [-0.25, -0.2) is 9.79 Å². The number of rotatable bonds is 6. The lowest BCUT2D eigenvalue weighted by molar-refractivity contribution is -0.136. The fraction of sp³-hybridized carbons (Fsp3) is 0.240. The molecule has 2 heterocycles. The number of methoxy groups -OCH3 is 4. The van der Waals surface area contributed by atoms with E-state index in [1.165, 1.54) is 39.8 Å². The molecule has 9 heteroatoms. The lowest BCUT2D eigenvalue weighted by atomic mass is 9.96. The number of hydrogen-bond donors (Lipinski definition) is 0. The Hall–Kier alpha value is -3.85. The molecule has 176 valence electrons. The van der Waals surface area contributed by atoms with Gasteiger partial charge in [0.1, 0.15) is 0 Å². The second-order valence-corrected chi connectivity index (χ2v) is 8.45. The molecule has 1 aliphatic heterocycles. The summed E-state index contributed by atoms with van der Waals surface area (Å²) in [6.07, 6.45) is 1.74. The highest BCUT2D eigenvalue weighted by atomic mass is 32.1. The van der Waals surface area contributed by atoms with Gasteiger partial charge in [-0.3, -0.25) is 9.36 Å². The van der Waals surface area contributed by atoms with Gasteiger partial charge in [0.25, 0.3) is 5.56 Å². The summed E-state index contributed by atoms with van der Waals surface area (Å²) in [6.45, 7) is 1.75. The van der Waals surface area contributed by atoms with Crippen molar-refractivity contribution in [2.75, 3.05) is 28.4 Å². The average molecular weight is 481 g/mol. The Morgan fingerprint density at radius 2 is 1.68 bits per heavy atom. The van der Waals surface area contributed by atoms with E-state index in [0.717, 1.165) is 5.56 Å². The number of nitrogens with zero attached hydrogens (tertiary/aromatic N) is 2. The van der Waals surface area contributed by atoms with Crippen LogP contribution < -0.4 is 29.1 Å². The van der Waals surface area contributed by atoms with Gasteiger partial charge in [0.2, 0.25) is 5.75 Å². The van der Waals surface area contributed by atoms with E-state index in [1.807, 2.05) is 30.3 Å². The van der Waals surface area contributed by atoms with Gasteiger partial charge >= 0.3 is 5.97 Å². The van der Waals surface area contributed by atoms with Crippen LogP contribution in [0.1, 0.15) is 24.1 Å². The molecule has 0 saturated carbocycles. The van der Waals surface area contributed by atoms with E-state index in [-0.39, 0.29) is 5.56 Å². The zero-order chi connectivity index (χ0) is 24.4. The minimum absolute atomic E-state index is 0.264. The Labute approximate surface area is 200 Å². The van der Waals surface area contributed by atoms with E-state index in [1.54, 1.807) is 29.7 Å². The maximum absolute atomic E-state index is 13.6. The molecular weight excluding hydrogens is 456 g/mol. The molecule has 0 fully saturated rings. The predicted molar refractivity (Wildman–Crippen MR) is 128 cm³/mol. The van der Waals surface area contributed by atoms with Crippen molar-refractivity contribution in [3.63, 3.8) is 0 Å². The van der Waals surface area contributed by atoms with Crippen LogP contribution in [0.3, 0.4) is 0 Å². The minimum atomic E-state index is -0.646. The van der Waals surface area contributed by atoms with Crippen molar-refractivity contribution >= 4 is 23.4 Å². The molecule has 0 saturated heterocycles. The van der Waals surface area contributed by atoms with Gasteiger partial charge in [-0.2, -0.15) is 0 Å². The van der Waals surface area contributed by atoms with Crippen LogP contribution in [0.2, 0.25) is 0 Å². The summed E-state index contributed by atoms with van der Waals surface area (Å²) in [5.74, 6) is 0.902. The zero-order valence-corrected chi connectivity index (χ0v) is 20.3. The number of esters is 1. The van der Waals surface area contributed by atoms with Crippen LogP contribution in [0, 0.1) is 0 Å². The van der Waals surface area contributed by atoms with Crippen LogP contribution in [0.25, 0.3) is 6.08 Å². The monoisotopic (exact) mass is 480 g/mol. The largest absolute Gasteiger partial charge is 0.493 e. The van der Waals surface area contributed by atoms with Crippen LogP contribution in [-0.4, -0.2) is 39.0 Å². The van der Waals surface area contributed by atoms with Gasteiger partial charge in [0, 0.05) is 0 Å². The number of benzene rings is 2. The standard InChI is InChI=1S/C25H24N2O6S/c1-14-20(24(29)33-5)21(16-9-7-6-8-10-16)27-23(28)19(34-25(27)26-14)13-15-11-17(30-2)22(32-4)18(12-15)31-3/h6-13,21H,1-5H3/b19-13-/t21-/m0/s1. The smallest absolute Gasteiger partial charge is 0.338 e. The minimum Gasteiger partial charge on any atom is -0.493 e. The Morgan fingerprint density at radius 1 is 1.03 bits per heavy atom. The molecule has 0 spiro atoms. The normalized spacial score (nSPS) is 15.4. The molecule has 8 nitrogen and oxygen atoms in total. The first-order valence-electron chi connectivity index (χ1n) is 10.4. The Bertz CT molecular complexity index is 1430. The maximum atomic E-state index is 13.6. The Balaban J connectivity index is 1.95. The Morgan fingerprint density at radius 3 is 2.24 bits per heavy atom. The molecule has 4 rings (SSSR count). The highest BCUT2D eigenvalue weighted by Crippen LogP contribution is 2.38. The first kappa shape index (κ1) is 23.3. The topological polar surface area (TPSA) is 88.4 Å². The van der Waals surface area contributed by atoms with Crippen LogP contribution in [0.15, 0.2) is 63.5 Å². The number of hydrogen-bond acceptors (Lipinski definition) is 8. The Kier molecular flexibility index (Phi) is 6.56. The SMILES string of the molecule is COC(=O)C1=C(C)N=c2s/c(=C\c3cc(OC)c(OC)c(OC)c3)c(=O)n2[C@H]1c1ccccc1. The van der Waals surface area contributed by atoms with E-state index in [0.29, 0.717) is 43.4 Å². The van der Waals surface area contributed by atoms with Crippen molar-refractivity contribution in [3.8, 4) is 17.2 Å². The van der Waals surface area contributed by atoms with Crippen molar-refractivity contribution in [1.29, 1.82) is 0 Å². The van der Waals surface area contributed by atoms with Crippen LogP contribution in [-0.2, 0) is 9.53 Å². The summed E-state index contributed by atoms with van der Waals surface area (Å²) >= 11 is 1.25. The quantitative estimate of drug-likeness (QED) is 0.504. The van der Waals surface area contributed by atoms with E-state index >= 15 is 0 Å². The number of allylic oxidation sites excluding steroid dienone is 1. The lowest BCUT2D eigenvalue weighted by Gasteiger charge is -2.24. The van der Waals surface area contributed by atoms with E-state index in [4.69, 9.17) is 18.9 Å². The third-order valence-corrected chi connectivity index (χ3v) is 6.51. The maximum Gasteiger partial charge on any atom is 0.338 e. The summed E-state index contributed by atoms with van der Waals surface area (Å²) in [7, 11) is 5.92. The van der Waals surface area contributed by atoms with Gasteiger partial charge < -0.3 is 18.9 Å². The van der Waals surface area contributed by atoms with Gasteiger partial charge in [0.15, 0.2) is 16.3 Å². The van der Waals surface area contributed by atoms with Crippen LogP contribution >= 0.6 is 11.3 Å². The van der Waals surface area contributed by atoms with Crippen molar-refractivity contribution in [1.82, 2.24) is 4.57 Å². The number of thiazole rings is 1. The summed E-state index contributed by atoms with van der Waals surface area (Å²) in [4.78, 5) is 31.4. The molecule has 1 aromatic heterocycles. The van der Waals surface area contributed by atoms with Crippen molar-refractivity contribution in [2.24, 2.45) is 4.99 Å². The molecule has 0 unspecified atom stereocenters. The fourth-order valence-electron chi connectivity index (χ4n) is 3.98. The molecule has 0 radical (unpaired) electrons. The highest BCUT2D eigenvalue weighted by Gasteiger charge is 2.32. The molecule has 0 amide bonds. The first-order valence-corrected chi connectivity index (χ1v) is 11.2. The van der Waals surface area contributed by atoms with E-state index < -0.39 is 12.0 Å². The van der Waals surface area contributed by atoms with Gasteiger partial charge in [-0.1, -0.05) is 41.7 Å². The molecule has 34 heavy (non-hydrogen) atoms. The predicted octanol–water partition coefficient (Wildman–Crippen LogP) is 2.43. The third-order valence-electron chi connectivity index (χ3n) is 5.53. The van der Waals surface area contributed by atoms with Crippen molar-refractivity contribution in [2.45, 2.75) is 13.0 Å². The lowest BCUT2D eigenvalue weighted by Crippen LogP contribution is -2.39. The number of aromatic nitrogens is 1. The van der Waals surface area contributed by atoms with Crippen molar-refractivity contribution < 1.29 is 23.7 Å². The second kappa shape index (κ2) is 9.56. The van der Waals surface area contributed by atoms with Crippen LogP contribution in [0.4, 0.5) is 0 Å². The summed E-state index contributed by atoms with van der Waals surface area (Å²) < 4.78 is 23.3. The molecule has 2 aromatic carbocycles. The molecule has 0 bridgehead atoms. The number of fused-ring (bicyclic) bond motifs is 1. The first-order chi connectivity index (χ1) is 16.4. The molecule has 3 aromatic rings. The zero-order valence-electron chi connectivity index (χ0n) is 19.4. The second-order valence-electron chi connectivity index (χ2n) is 7.44. The summed E-state index contributed by atoms with van der Waals surface area (Å²) in [5, 5.41) is 0. The molecule has 1 atom stereocenters. The number of carbonyl (C=O) groups excluding carboxylic acids is 1. The molecule has 0 aliphatic carbocycles. The molecule has 0 N–H and O–H groups in total. The highest BCUT2D eigenvalue weighted by molar-refractivity contribution is 7.07. The van der Waals surface area contributed by atoms with Crippen LogP contribution in [0.5, 0.6) is 17.2 Å². The number of carbonyl (C=O) groups is 1. The summed E-state index contributed by atoms with van der Waals surface area (Å²) in [6, 6.07) is 12.2. The van der Waals surface area contributed by atoms with E-state index in [2.05, 4.69) is 4.99 Å². The van der Waals surface area contributed by atoms with E-state index in [9.17, 15) is 9.59 Å². The van der Waals surface area contributed by atoms with Gasteiger partial charge in [0.05, 0.1) is 50.3 Å². The average Bonchev–Trinajstić information content (AvgIpc) is 3.16. The van der Waals surface area contributed by atoms with Gasteiger partial charge in [-0.15, -0.1) is 0 Å².